The fraction of sp³-hybridized carbons (Fsp3) is 1.00. The van der Waals surface area contributed by atoms with Gasteiger partial charge in [-0.3, -0.25) is 0 Å². The third kappa shape index (κ3) is 2.62. The predicted octanol–water partition coefficient (Wildman–Crippen LogP) is 2.01. The molecule has 0 aromatic rings. The molecule has 2 nitrogen and oxygen atoms in total. The summed E-state index contributed by atoms with van der Waals surface area (Å²) >= 11 is 5.62. The molecule has 1 heterocycles. The van der Waals surface area contributed by atoms with Gasteiger partial charge in [0, 0.05) is 0 Å². The first-order valence-electron chi connectivity index (χ1n) is 4.07. The Morgan fingerprint density at radius 3 is 2.82 bits per heavy atom. The van der Waals surface area contributed by atoms with Gasteiger partial charge in [-0.1, -0.05) is 6.92 Å². The third-order valence-electron chi connectivity index (χ3n) is 2.17. The van der Waals surface area contributed by atoms with Crippen molar-refractivity contribution in [3.63, 3.8) is 0 Å². The van der Waals surface area contributed by atoms with Crippen molar-refractivity contribution in [2.75, 3.05) is 12.5 Å². The molecule has 0 spiro atoms. The van der Waals surface area contributed by atoms with Gasteiger partial charge in [-0.2, -0.15) is 0 Å². The fourth-order valence-electron chi connectivity index (χ4n) is 1.11. The Bertz CT molecular complexity index is 119. The van der Waals surface area contributed by atoms with Gasteiger partial charge < -0.3 is 9.47 Å². The molecule has 1 rings (SSSR count). The van der Waals surface area contributed by atoms with Crippen LogP contribution in [0.5, 0.6) is 0 Å². The second-order valence-corrected chi connectivity index (χ2v) is 3.37. The second kappa shape index (κ2) is 4.29. The Morgan fingerprint density at radius 1 is 1.45 bits per heavy atom. The van der Waals surface area contributed by atoms with E-state index in [0.717, 1.165) is 13.0 Å². The van der Waals surface area contributed by atoms with Gasteiger partial charge in [0.25, 0.3) is 0 Å². The normalized spacial score (nSPS) is 40.1. The molecule has 3 unspecified atom stereocenters. The van der Waals surface area contributed by atoms with E-state index in [9.17, 15) is 0 Å². The lowest BCUT2D eigenvalue weighted by Crippen LogP contribution is -2.23. The summed E-state index contributed by atoms with van der Waals surface area (Å²) in [7, 11) is 0. The maximum atomic E-state index is 5.62. The summed E-state index contributed by atoms with van der Waals surface area (Å²) in [4.78, 5) is 0. The van der Waals surface area contributed by atoms with E-state index in [1.54, 1.807) is 0 Å². The molecule has 0 aromatic carbocycles. The molecule has 3 atom stereocenters. The molecule has 1 aliphatic heterocycles. The molecule has 0 amide bonds. The lowest BCUT2D eigenvalue weighted by molar-refractivity contribution is -0.139. The SMILES string of the molecule is CC1CCOC(CCl)OC1C. The van der Waals surface area contributed by atoms with E-state index in [1.165, 1.54) is 0 Å². The highest BCUT2D eigenvalue weighted by molar-refractivity contribution is 6.18. The first kappa shape index (κ1) is 9.30. The number of ether oxygens (including phenoxy) is 2. The summed E-state index contributed by atoms with van der Waals surface area (Å²) in [6.07, 6.45) is 1.13. The minimum Gasteiger partial charge on any atom is -0.351 e. The molecule has 0 aliphatic carbocycles. The molecule has 0 aromatic heterocycles. The van der Waals surface area contributed by atoms with Gasteiger partial charge in [0.15, 0.2) is 6.29 Å². The van der Waals surface area contributed by atoms with Crippen LogP contribution in [0.15, 0.2) is 0 Å². The average molecular weight is 179 g/mol. The van der Waals surface area contributed by atoms with Crippen molar-refractivity contribution >= 4 is 11.6 Å². The largest absolute Gasteiger partial charge is 0.351 e. The van der Waals surface area contributed by atoms with Crippen molar-refractivity contribution < 1.29 is 9.47 Å². The summed E-state index contributed by atoms with van der Waals surface area (Å²) in [6, 6.07) is 0. The van der Waals surface area contributed by atoms with Gasteiger partial charge in [-0.15, -0.1) is 11.6 Å². The van der Waals surface area contributed by atoms with Gasteiger partial charge >= 0.3 is 0 Å². The first-order chi connectivity index (χ1) is 5.24. The highest BCUT2D eigenvalue weighted by atomic mass is 35.5. The molecule has 1 saturated heterocycles. The summed E-state index contributed by atoms with van der Waals surface area (Å²) in [5, 5.41) is 0. The zero-order valence-electron chi connectivity index (χ0n) is 7.05. The topological polar surface area (TPSA) is 18.5 Å². The lowest BCUT2D eigenvalue weighted by Gasteiger charge is -2.18. The van der Waals surface area contributed by atoms with Crippen molar-refractivity contribution in [3.8, 4) is 0 Å². The van der Waals surface area contributed by atoms with Crippen LogP contribution in [0.2, 0.25) is 0 Å². The Balaban J connectivity index is 2.41. The number of hydrogen-bond donors (Lipinski definition) is 0. The highest BCUT2D eigenvalue weighted by Crippen LogP contribution is 2.18. The monoisotopic (exact) mass is 178 g/mol. The standard InChI is InChI=1S/C8H15ClO2/c1-6-3-4-10-8(5-9)11-7(6)2/h6-8H,3-5H2,1-2H3. The van der Waals surface area contributed by atoms with Gasteiger partial charge in [0.05, 0.1) is 18.6 Å². The van der Waals surface area contributed by atoms with Gasteiger partial charge in [-0.05, 0) is 19.3 Å². The van der Waals surface area contributed by atoms with Crippen LogP contribution < -0.4 is 0 Å². The molecule has 0 radical (unpaired) electrons. The predicted molar refractivity (Wildman–Crippen MR) is 44.8 cm³/mol. The fourth-order valence-corrected chi connectivity index (χ4v) is 1.28. The summed E-state index contributed by atoms with van der Waals surface area (Å²) in [5.41, 5.74) is 0. The van der Waals surface area contributed by atoms with Crippen LogP contribution in [-0.4, -0.2) is 24.9 Å². The van der Waals surface area contributed by atoms with Gasteiger partial charge in [0.1, 0.15) is 0 Å². The number of hydrogen-bond acceptors (Lipinski definition) is 2. The Kier molecular flexibility index (Phi) is 3.63. The van der Waals surface area contributed by atoms with Crippen molar-refractivity contribution in [2.24, 2.45) is 5.92 Å². The van der Waals surface area contributed by atoms with E-state index in [-0.39, 0.29) is 12.4 Å². The van der Waals surface area contributed by atoms with Crippen LogP contribution in [0.1, 0.15) is 20.3 Å². The number of halogens is 1. The molecule has 66 valence electrons. The molecule has 0 bridgehead atoms. The van der Waals surface area contributed by atoms with Crippen LogP contribution >= 0.6 is 11.6 Å². The van der Waals surface area contributed by atoms with Gasteiger partial charge in [-0.25, -0.2) is 0 Å². The van der Waals surface area contributed by atoms with Crippen molar-refractivity contribution in [2.45, 2.75) is 32.7 Å². The maximum Gasteiger partial charge on any atom is 0.171 e. The van der Waals surface area contributed by atoms with Crippen LogP contribution in [0.4, 0.5) is 0 Å². The second-order valence-electron chi connectivity index (χ2n) is 3.06. The van der Waals surface area contributed by atoms with Gasteiger partial charge in [0.2, 0.25) is 0 Å². The maximum absolute atomic E-state index is 5.62. The van der Waals surface area contributed by atoms with E-state index in [4.69, 9.17) is 21.1 Å². The van der Waals surface area contributed by atoms with E-state index < -0.39 is 0 Å². The minimum absolute atomic E-state index is 0.198. The van der Waals surface area contributed by atoms with Crippen LogP contribution in [0.3, 0.4) is 0 Å². The molecule has 3 heteroatoms. The molecular formula is C8H15ClO2. The van der Waals surface area contributed by atoms with Crippen molar-refractivity contribution in [3.05, 3.63) is 0 Å². The number of alkyl halides is 1. The molecule has 11 heavy (non-hydrogen) atoms. The Labute approximate surface area is 72.8 Å². The van der Waals surface area contributed by atoms with E-state index in [1.807, 2.05) is 0 Å². The quantitative estimate of drug-likeness (QED) is 0.572. The lowest BCUT2D eigenvalue weighted by atomic mass is 10.0. The average Bonchev–Trinajstić information content (AvgIpc) is 2.15. The number of rotatable bonds is 1. The molecule has 0 N–H and O–H groups in total. The first-order valence-corrected chi connectivity index (χ1v) is 4.60. The van der Waals surface area contributed by atoms with E-state index >= 15 is 0 Å². The van der Waals surface area contributed by atoms with Crippen LogP contribution in [0, 0.1) is 5.92 Å². The highest BCUT2D eigenvalue weighted by Gasteiger charge is 2.22. The summed E-state index contributed by atoms with van der Waals surface area (Å²) in [6.45, 7) is 5.01. The zero-order valence-corrected chi connectivity index (χ0v) is 7.80. The Hall–Kier alpha value is 0.210. The minimum atomic E-state index is -0.198. The summed E-state index contributed by atoms with van der Waals surface area (Å²) < 4.78 is 10.9. The molecular weight excluding hydrogens is 164 g/mol. The van der Waals surface area contributed by atoms with E-state index in [2.05, 4.69) is 13.8 Å². The van der Waals surface area contributed by atoms with Crippen LogP contribution in [0.25, 0.3) is 0 Å². The smallest absolute Gasteiger partial charge is 0.171 e. The molecule has 1 fully saturated rings. The van der Waals surface area contributed by atoms with Crippen LogP contribution in [-0.2, 0) is 9.47 Å². The third-order valence-corrected chi connectivity index (χ3v) is 2.42. The zero-order chi connectivity index (χ0) is 8.27. The molecule has 1 aliphatic rings. The Morgan fingerprint density at radius 2 is 2.18 bits per heavy atom. The summed E-state index contributed by atoms with van der Waals surface area (Å²) in [5.74, 6) is 1.00. The van der Waals surface area contributed by atoms with E-state index in [0.29, 0.717) is 11.8 Å². The molecule has 0 saturated carbocycles. The van der Waals surface area contributed by atoms with Crippen molar-refractivity contribution in [1.29, 1.82) is 0 Å². The van der Waals surface area contributed by atoms with Crippen molar-refractivity contribution in [1.82, 2.24) is 0 Å².